The Morgan fingerprint density at radius 2 is 1.10 bits per heavy atom. The summed E-state index contributed by atoms with van der Waals surface area (Å²) >= 11 is 1.73. The molecule has 0 N–H and O–H groups in total. The molecule has 5 heteroatoms. The molecule has 4 nitrogen and oxygen atoms in total. The molecule has 50 heavy (non-hydrogen) atoms. The molecule has 0 fully saturated rings. The highest BCUT2D eigenvalue weighted by atomic mass is 32.1. The largest absolute Gasteiger partial charge is 0.292 e. The second kappa shape index (κ2) is 11.6. The first-order chi connectivity index (χ1) is 24.8. The van der Waals surface area contributed by atoms with Crippen molar-refractivity contribution in [2.75, 3.05) is 0 Å². The lowest BCUT2D eigenvalue weighted by atomic mass is 9.97. The van der Waals surface area contributed by atoms with Crippen molar-refractivity contribution < 1.29 is 0 Å². The molecule has 0 saturated carbocycles. The Hall–Kier alpha value is -6.43. The number of thiazole rings is 1. The lowest BCUT2D eigenvalue weighted by Crippen LogP contribution is -1.97. The van der Waals surface area contributed by atoms with Crippen LogP contribution in [0, 0.1) is 0 Å². The molecule has 234 valence electrons. The molecule has 7 aromatic carbocycles. The van der Waals surface area contributed by atoms with E-state index >= 15 is 0 Å². The van der Waals surface area contributed by atoms with Gasteiger partial charge in [0.25, 0.3) is 0 Å². The van der Waals surface area contributed by atoms with E-state index < -0.39 is 0 Å². The maximum atomic E-state index is 5.42. The fourth-order valence-electron chi connectivity index (χ4n) is 7.04. The zero-order valence-corrected chi connectivity index (χ0v) is 27.7. The summed E-state index contributed by atoms with van der Waals surface area (Å²) in [4.78, 5) is 15.7. The van der Waals surface area contributed by atoms with Crippen LogP contribution in [0.1, 0.15) is 0 Å². The Morgan fingerprint density at radius 1 is 0.440 bits per heavy atom. The summed E-state index contributed by atoms with van der Waals surface area (Å²) in [7, 11) is 0. The van der Waals surface area contributed by atoms with Crippen LogP contribution in [0.2, 0.25) is 0 Å². The van der Waals surface area contributed by atoms with Gasteiger partial charge in [-0.1, -0.05) is 133 Å². The fourth-order valence-corrected chi connectivity index (χ4v) is 7.99. The third kappa shape index (κ3) is 4.71. The van der Waals surface area contributed by atoms with Crippen LogP contribution in [0.4, 0.5) is 0 Å². The molecule has 3 aromatic heterocycles. The van der Waals surface area contributed by atoms with E-state index in [9.17, 15) is 0 Å². The Labute approximate surface area is 292 Å². The second-order valence-corrected chi connectivity index (χ2v) is 13.5. The maximum absolute atomic E-state index is 5.42. The van der Waals surface area contributed by atoms with Gasteiger partial charge in [-0.25, -0.2) is 15.0 Å². The number of aromatic nitrogens is 4. The third-order valence-electron chi connectivity index (χ3n) is 9.44. The van der Waals surface area contributed by atoms with Crippen molar-refractivity contribution in [3.63, 3.8) is 0 Å². The van der Waals surface area contributed by atoms with Crippen LogP contribution >= 0.6 is 11.3 Å². The molecular formula is C45H28N4S. The minimum atomic E-state index is 0.904. The number of pyridine rings is 1. The van der Waals surface area contributed by atoms with Crippen LogP contribution in [0.15, 0.2) is 170 Å². The Morgan fingerprint density at radius 3 is 1.88 bits per heavy atom. The van der Waals surface area contributed by atoms with Crippen LogP contribution in [0.5, 0.6) is 0 Å². The summed E-state index contributed by atoms with van der Waals surface area (Å²) in [6, 6.07) is 59.5. The van der Waals surface area contributed by atoms with Crippen molar-refractivity contribution in [2.45, 2.75) is 0 Å². The monoisotopic (exact) mass is 656 g/mol. The number of rotatable bonds is 5. The van der Waals surface area contributed by atoms with E-state index in [4.69, 9.17) is 15.0 Å². The van der Waals surface area contributed by atoms with Crippen LogP contribution in [0.25, 0.3) is 93.0 Å². The number of hydrogen-bond acceptors (Lipinski definition) is 4. The van der Waals surface area contributed by atoms with Gasteiger partial charge >= 0.3 is 0 Å². The van der Waals surface area contributed by atoms with E-state index in [0.717, 1.165) is 88.3 Å². The number of hydrogen-bond donors (Lipinski definition) is 0. The summed E-state index contributed by atoms with van der Waals surface area (Å²) in [5.74, 6) is 0.904. The normalized spacial score (nSPS) is 11.6. The van der Waals surface area contributed by atoms with Gasteiger partial charge in [-0.2, -0.15) is 0 Å². The van der Waals surface area contributed by atoms with Crippen molar-refractivity contribution in [1.29, 1.82) is 0 Å². The highest BCUT2D eigenvalue weighted by molar-refractivity contribution is 7.21. The maximum Gasteiger partial charge on any atom is 0.145 e. The molecule has 0 spiro atoms. The first-order valence-electron chi connectivity index (χ1n) is 16.7. The predicted octanol–water partition coefficient (Wildman–Crippen LogP) is 12.0. The van der Waals surface area contributed by atoms with Gasteiger partial charge in [0, 0.05) is 33.2 Å². The van der Waals surface area contributed by atoms with Gasteiger partial charge in [0.1, 0.15) is 10.8 Å². The Bertz CT molecular complexity index is 2840. The smallest absolute Gasteiger partial charge is 0.145 e. The van der Waals surface area contributed by atoms with Crippen LogP contribution in [0.3, 0.4) is 0 Å². The van der Waals surface area contributed by atoms with E-state index in [0.29, 0.717) is 0 Å². The molecule has 0 amide bonds. The molecule has 10 rings (SSSR count). The first kappa shape index (κ1) is 28.6. The number of imidazole rings is 1. The zero-order valence-electron chi connectivity index (χ0n) is 26.9. The van der Waals surface area contributed by atoms with Crippen molar-refractivity contribution >= 4 is 54.3 Å². The van der Waals surface area contributed by atoms with E-state index in [1.165, 1.54) is 4.70 Å². The van der Waals surface area contributed by atoms with Gasteiger partial charge in [-0.15, -0.1) is 11.3 Å². The average molecular weight is 657 g/mol. The van der Waals surface area contributed by atoms with E-state index in [1.807, 2.05) is 12.1 Å². The van der Waals surface area contributed by atoms with Gasteiger partial charge in [0.15, 0.2) is 0 Å². The van der Waals surface area contributed by atoms with Crippen LogP contribution in [-0.4, -0.2) is 19.5 Å². The topological polar surface area (TPSA) is 43.6 Å². The fraction of sp³-hybridized carbons (Fsp3) is 0. The molecule has 0 aliphatic heterocycles. The van der Waals surface area contributed by atoms with E-state index in [2.05, 4.69) is 162 Å². The molecular weight excluding hydrogens is 629 g/mol. The highest BCUT2D eigenvalue weighted by Crippen LogP contribution is 2.40. The van der Waals surface area contributed by atoms with Crippen molar-refractivity contribution in [2.24, 2.45) is 0 Å². The van der Waals surface area contributed by atoms with Gasteiger partial charge in [-0.05, 0) is 52.9 Å². The molecule has 0 aliphatic rings. The summed E-state index contributed by atoms with van der Waals surface area (Å²) in [6.45, 7) is 0. The number of para-hydroxylation sites is 2. The van der Waals surface area contributed by atoms with E-state index in [-0.39, 0.29) is 0 Å². The quantitative estimate of drug-likeness (QED) is 0.173. The lowest BCUT2D eigenvalue weighted by molar-refractivity contribution is 1.10. The molecule has 10 aromatic rings. The predicted molar refractivity (Wildman–Crippen MR) is 209 cm³/mol. The Kier molecular flexibility index (Phi) is 6.64. The van der Waals surface area contributed by atoms with Crippen molar-refractivity contribution in [3.05, 3.63) is 170 Å². The molecule has 0 aliphatic carbocycles. The number of fused-ring (bicyclic) bond motifs is 6. The van der Waals surface area contributed by atoms with Gasteiger partial charge in [-0.3, -0.25) is 4.57 Å². The van der Waals surface area contributed by atoms with Gasteiger partial charge in [0.2, 0.25) is 0 Å². The zero-order chi connectivity index (χ0) is 33.0. The molecule has 0 atom stereocenters. The molecule has 0 unspecified atom stereocenters. The SMILES string of the molecule is c1ccc(-c2nc3cc(-c4ccc(-c5nc6ccccc6c6ccc7c(nc(-c8ccccc8)n7-c7ccccc7)c56)cc4)ccc3s2)cc1. The minimum Gasteiger partial charge on any atom is -0.292 e. The third-order valence-corrected chi connectivity index (χ3v) is 10.5. The molecule has 0 radical (unpaired) electrons. The second-order valence-electron chi connectivity index (χ2n) is 12.5. The minimum absolute atomic E-state index is 0.904. The van der Waals surface area contributed by atoms with Gasteiger partial charge in [0.05, 0.1) is 32.5 Å². The van der Waals surface area contributed by atoms with Crippen molar-refractivity contribution in [1.82, 2.24) is 19.5 Å². The standard InChI is InChI=1S/C45H28N4S/c1-4-12-31(13-5-1)44-48-43-39(49(44)34-16-8-3-9-17-34)26-25-36-35-18-10-11-19-37(35)46-42(41(36)43)30-22-20-29(21-23-30)33-24-27-40-38(28-33)47-45(50-40)32-14-6-2-7-15-32/h1-28H. The highest BCUT2D eigenvalue weighted by Gasteiger charge is 2.21. The summed E-state index contributed by atoms with van der Waals surface area (Å²) in [5.41, 5.74) is 11.5. The summed E-state index contributed by atoms with van der Waals surface area (Å²) in [6.07, 6.45) is 0. The molecule has 0 bridgehead atoms. The Balaban J connectivity index is 1.16. The average Bonchev–Trinajstić information content (AvgIpc) is 3.81. The lowest BCUT2D eigenvalue weighted by Gasteiger charge is -2.12. The number of benzene rings is 7. The van der Waals surface area contributed by atoms with E-state index in [1.54, 1.807) is 11.3 Å². The van der Waals surface area contributed by atoms with Crippen molar-refractivity contribution in [3.8, 4) is 50.0 Å². The summed E-state index contributed by atoms with van der Waals surface area (Å²) < 4.78 is 3.45. The van der Waals surface area contributed by atoms with Crippen LogP contribution in [-0.2, 0) is 0 Å². The van der Waals surface area contributed by atoms with Gasteiger partial charge < -0.3 is 0 Å². The van der Waals surface area contributed by atoms with Crippen LogP contribution < -0.4 is 0 Å². The molecule has 3 heterocycles. The molecule has 0 saturated heterocycles. The summed E-state index contributed by atoms with van der Waals surface area (Å²) in [5, 5.41) is 4.35. The number of nitrogens with zero attached hydrogens (tertiary/aromatic N) is 4. The first-order valence-corrected chi connectivity index (χ1v) is 17.5.